The van der Waals surface area contributed by atoms with Crippen molar-refractivity contribution in [2.24, 2.45) is 0 Å². The Morgan fingerprint density at radius 3 is 2.00 bits per heavy atom. The van der Waals surface area contributed by atoms with Crippen molar-refractivity contribution in [3.63, 3.8) is 0 Å². The Kier molecular flexibility index (Phi) is 5.07. The second-order valence-electron chi connectivity index (χ2n) is 5.34. The fourth-order valence-electron chi connectivity index (χ4n) is 2.27. The fourth-order valence-corrected chi connectivity index (χ4v) is 3.08. The zero-order valence-electron chi connectivity index (χ0n) is 13.5. The van der Waals surface area contributed by atoms with Crippen molar-refractivity contribution in [1.29, 1.82) is 0 Å². The molecular weight excluding hydrogens is 355 g/mol. The summed E-state index contributed by atoms with van der Waals surface area (Å²) in [6, 6.07) is 20.2. The summed E-state index contributed by atoms with van der Waals surface area (Å²) in [5, 5.41) is 10.1. The topological polar surface area (TPSA) is 93.1 Å². The van der Waals surface area contributed by atoms with E-state index in [1.54, 1.807) is 48.5 Å². The highest BCUT2D eigenvalue weighted by Gasteiger charge is 2.26. The highest BCUT2D eigenvalue weighted by molar-refractivity contribution is 7.48. The molecule has 0 aliphatic rings. The van der Waals surface area contributed by atoms with Gasteiger partial charge >= 0.3 is 7.82 Å². The summed E-state index contributed by atoms with van der Waals surface area (Å²) in [7, 11) is -4.45. The first-order chi connectivity index (χ1) is 12.4. The number of hydrogen-bond acceptors (Lipinski definition) is 5. The second-order valence-corrected chi connectivity index (χ2v) is 6.64. The molecular formula is C19H15O6P. The number of carbonyl (C=O) groups excluding carboxylic acids is 1. The first-order valence-electron chi connectivity index (χ1n) is 7.64. The molecule has 1 unspecified atom stereocenters. The molecule has 6 nitrogen and oxygen atoms in total. The average Bonchev–Trinajstić information content (AvgIpc) is 2.62. The molecule has 0 saturated heterocycles. The van der Waals surface area contributed by atoms with Crippen LogP contribution in [0.25, 0.3) is 0 Å². The van der Waals surface area contributed by atoms with Crippen molar-refractivity contribution in [1.82, 2.24) is 0 Å². The van der Waals surface area contributed by atoms with Gasteiger partial charge in [-0.25, -0.2) is 4.57 Å². The van der Waals surface area contributed by atoms with Crippen LogP contribution in [0.15, 0.2) is 78.9 Å². The quantitative estimate of drug-likeness (QED) is 0.499. The number of phosphoric acid groups is 1. The number of phenols is 1. The summed E-state index contributed by atoms with van der Waals surface area (Å²) in [4.78, 5) is 22.2. The van der Waals surface area contributed by atoms with Gasteiger partial charge in [-0.2, -0.15) is 0 Å². The van der Waals surface area contributed by atoms with Crippen LogP contribution < -0.4 is 9.05 Å². The third-order valence-corrected chi connectivity index (χ3v) is 4.32. The Labute approximate surface area is 149 Å². The smallest absolute Gasteiger partial charge is 0.507 e. The number of benzene rings is 3. The summed E-state index contributed by atoms with van der Waals surface area (Å²) in [5.41, 5.74) is 0.469. The van der Waals surface area contributed by atoms with Crippen LogP contribution in [0.5, 0.6) is 17.2 Å². The number of hydrogen-bond donors (Lipinski definition) is 2. The predicted molar refractivity (Wildman–Crippen MR) is 95.5 cm³/mol. The minimum absolute atomic E-state index is 0.0558. The van der Waals surface area contributed by atoms with E-state index in [-0.39, 0.29) is 28.6 Å². The molecule has 0 aromatic heterocycles. The lowest BCUT2D eigenvalue weighted by Gasteiger charge is -2.14. The molecule has 0 bridgehead atoms. The van der Waals surface area contributed by atoms with Crippen molar-refractivity contribution >= 4 is 13.6 Å². The normalized spacial score (nSPS) is 12.8. The van der Waals surface area contributed by atoms with Crippen LogP contribution in [-0.4, -0.2) is 15.8 Å². The lowest BCUT2D eigenvalue weighted by Crippen LogP contribution is -2.03. The lowest BCUT2D eigenvalue weighted by molar-refractivity contribution is 0.103. The van der Waals surface area contributed by atoms with Crippen LogP contribution in [0.3, 0.4) is 0 Å². The monoisotopic (exact) mass is 370 g/mol. The molecule has 3 rings (SSSR count). The largest absolute Gasteiger partial charge is 0.584 e. The zero-order valence-corrected chi connectivity index (χ0v) is 14.4. The van der Waals surface area contributed by atoms with E-state index >= 15 is 0 Å². The predicted octanol–water partition coefficient (Wildman–Crippen LogP) is 4.18. The van der Waals surface area contributed by atoms with Crippen molar-refractivity contribution < 1.29 is 28.4 Å². The molecule has 7 heteroatoms. The van der Waals surface area contributed by atoms with Gasteiger partial charge < -0.3 is 14.2 Å². The number of ketones is 1. The lowest BCUT2D eigenvalue weighted by atomic mass is 10.0. The Hall–Kier alpha value is -3.08. The van der Waals surface area contributed by atoms with E-state index in [0.717, 1.165) is 6.07 Å². The second kappa shape index (κ2) is 7.44. The van der Waals surface area contributed by atoms with Crippen LogP contribution in [0.4, 0.5) is 0 Å². The zero-order chi connectivity index (χ0) is 18.6. The van der Waals surface area contributed by atoms with Crippen LogP contribution in [0, 0.1) is 0 Å². The maximum atomic E-state index is 12.4. The van der Waals surface area contributed by atoms with Crippen LogP contribution >= 0.6 is 7.82 Å². The fraction of sp³-hybridized carbons (Fsp3) is 0. The molecule has 0 radical (unpaired) electrons. The number of phenolic OH excluding ortho intramolecular Hbond substituents is 1. The summed E-state index contributed by atoms with van der Waals surface area (Å²) >= 11 is 0. The summed E-state index contributed by atoms with van der Waals surface area (Å²) in [5.74, 6) is -0.675. The standard InChI is InChI=1S/C19H15O6P/c20-18-13-16(25-26(22,23)24-15-9-5-2-6-10-15)11-12-17(18)19(21)14-7-3-1-4-8-14/h1-13,20H,(H,22,23). The maximum Gasteiger partial charge on any atom is 0.584 e. The van der Waals surface area contributed by atoms with Crippen molar-refractivity contribution in [3.05, 3.63) is 90.0 Å². The van der Waals surface area contributed by atoms with E-state index in [1.165, 1.54) is 24.3 Å². The third kappa shape index (κ3) is 4.30. The van der Waals surface area contributed by atoms with Gasteiger partial charge in [0.1, 0.15) is 17.2 Å². The minimum atomic E-state index is -4.45. The molecule has 2 N–H and O–H groups in total. The van der Waals surface area contributed by atoms with E-state index in [0.29, 0.717) is 5.56 Å². The SMILES string of the molecule is O=C(c1ccccc1)c1ccc(OP(=O)(O)Oc2ccccc2)cc1O. The van der Waals surface area contributed by atoms with Crippen LogP contribution in [-0.2, 0) is 4.57 Å². The van der Waals surface area contributed by atoms with Gasteiger partial charge in [0.05, 0.1) is 5.56 Å². The molecule has 26 heavy (non-hydrogen) atoms. The van der Waals surface area contributed by atoms with Gasteiger partial charge in [-0.1, -0.05) is 48.5 Å². The summed E-state index contributed by atoms with van der Waals surface area (Å²) < 4.78 is 21.9. The number of carbonyl (C=O) groups is 1. The van der Waals surface area contributed by atoms with Gasteiger partial charge in [0.2, 0.25) is 0 Å². The first-order valence-corrected chi connectivity index (χ1v) is 9.14. The molecule has 0 amide bonds. The number of para-hydroxylation sites is 1. The Balaban J connectivity index is 1.77. The van der Waals surface area contributed by atoms with Gasteiger partial charge in [0.15, 0.2) is 5.78 Å². The van der Waals surface area contributed by atoms with E-state index in [9.17, 15) is 19.4 Å². The highest BCUT2D eigenvalue weighted by Crippen LogP contribution is 2.45. The number of rotatable bonds is 6. The molecule has 0 heterocycles. The van der Waals surface area contributed by atoms with Gasteiger partial charge in [-0.15, -0.1) is 0 Å². The van der Waals surface area contributed by atoms with Gasteiger partial charge in [-0.05, 0) is 24.3 Å². The highest BCUT2D eigenvalue weighted by atomic mass is 31.2. The van der Waals surface area contributed by atoms with Crippen molar-refractivity contribution in [3.8, 4) is 17.2 Å². The van der Waals surface area contributed by atoms with E-state index in [2.05, 4.69) is 0 Å². The van der Waals surface area contributed by atoms with Crippen LogP contribution in [0.1, 0.15) is 15.9 Å². The molecule has 0 saturated carbocycles. The summed E-state index contributed by atoms with van der Waals surface area (Å²) in [6.07, 6.45) is 0. The number of aromatic hydroxyl groups is 1. The molecule has 132 valence electrons. The third-order valence-electron chi connectivity index (χ3n) is 3.43. The average molecular weight is 370 g/mol. The molecule has 3 aromatic carbocycles. The molecule has 0 spiro atoms. The van der Waals surface area contributed by atoms with Crippen molar-refractivity contribution in [2.45, 2.75) is 0 Å². The summed E-state index contributed by atoms with van der Waals surface area (Å²) in [6.45, 7) is 0. The van der Waals surface area contributed by atoms with Crippen molar-refractivity contribution in [2.75, 3.05) is 0 Å². The minimum Gasteiger partial charge on any atom is -0.507 e. The molecule has 1 atom stereocenters. The van der Waals surface area contributed by atoms with Crippen LogP contribution in [0.2, 0.25) is 0 Å². The maximum absolute atomic E-state index is 12.4. The number of phosphoric ester groups is 1. The van der Waals surface area contributed by atoms with E-state index < -0.39 is 7.82 Å². The van der Waals surface area contributed by atoms with E-state index in [1.807, 2.05) is 0 Å². The Bertz CT molecular complexity index is 956. The molecule has 0 aliphatic carbocycles. The Morgan fingerprint density at radius 1 is 0.808 bits per heavy atom. The van der Waals surface area contributed by atoms with Gasteiger partial charge in [0.25, 0.3) is 0 Å². The molecule has 0 aliphatic heterocycles. The van der Waals surface area contributed by atoms with Gasteiger partial charge in [0, 0.05) is 11.6 Å². The van der Waals surface area contributed by atoms with E-state index in [4.69, 9.17) is 9.05 Å². The first kappa shape index (κ1) is 17.7. The molecule has 3 aromatic rings. The van der Waals surface area contributed by atoms with Gasteiger partial charge in [-0.3, -0.25) is 9.69 Å². The molecule has 0 fully saturated rings. The Morgan fingerprint density at radius 2 is 1.38 bits per heavy atom.